The second-order valence-electron chi connectivity index (χ2n) is 5.76. The van der Waals surface area contributed by atoms with Crippen LogP contribution in [0.3, 0.4) is 0 Å². The van der Waals surface area contributed by atoms with Crippen molar-refractivity contribution in [3.8, 4) is 0 Å². The first-order valence-corrected chi connectivity index (χ1v) is 6.92. The van der Waals surface area contributed by atoms with Gasteiger partial charge in [0, 0.05) is 18.6 Å². The lowest BCUT2D eigenvalue weighted by Gasteiger charge is -2.41. The third-order valence-electron chi connectivity index (χ3n) is 4.59. The highest BCUT2D eigenvalue weighted by atomic mass is 15.3. The molecular weight excluding hydrogens is 196 g/mol. The molecule has 4 atom stereocenters. The maximum atomic E-state index is 4.64. The van der Waals surface area contributed by atoms with Gasteiger partial charge < -0.3 is 4.90 Å². The monoisotopic (exact) mass is 222 g/mol. The van der Waals surface area contributed by atoms with Gasteiger partial charge in [0.05, 0.1) is 5.84 Å². The van der Waals surface area contributed by atoms with Crippen LogP contribution in [-0.2, 0) is 0 Å². The largest absolute Gasteiger partial charge is 0.355 e. The summed E-state index contributed by atoms with van der Waals surface area (Å²) in [4.78, 5) is 7.27. The Morgan fingerprint density at radius 2 is 2.06 bits per heavy atom. The van der Waals surface area contributed by atoms with Crippen molar-refractivity contribution in [2.75, 3.05) is 6.54 Å². The van der Waals surface area contributed by atoms with Crippen molar-refractivity contribution in [3.63, 3.8) is 0 Å². The smallest absolute Gasteiger partial charge is 0.0962 e. The predicted octanol–water partition coefficient (Wildman–Crippen LogP) is 3.32. The highest BCUT2D eigenvalue weighted by Crippen LogP contribution is 2.34. The second kappa shape index (κ2) is 4.77. The molecule has 0 saturated carbocycles. The molecule has 92 valence electrons. The van der Waals surface area contributed by atoms with Gasteiger partial charge in [0.25, 0.3) is 0 Å². The van der Waals surface area contributed by atoms with E-state index in [1.54, 1.807) is 0 Å². The van der Waals surface area contributed by atoms with Gasteiger partial charge in [-0.2, -0.15) is 0 Å². The number of fused-ring (bicyclic) bond motifs is 1. The van der Waals surface area contributed by atoms with Crippen molar-refractivity contribution in [2.24, 2.45) is 16.8 Å². The summed E-state index contributed by atoms with van der Waals surface area (Å²) in [6, 6.07) is 1.45. The molecule has 0 radical (unpaired) electrons. The summed E-state index contributed by atoms with van der Waals surface area (Å²) >= 11 is 0. The lowest BCUT2D eigenvalue weighted by molar-refractivity contribution is 0.186. The third-order valence-corrected chi connectivity index (χ3v) is 4.59. The van der Waals surface area contributed by atoms with E-state index in [1.807, 2.05) is 0 Å². The molecule has 2 heterocycles. The molecule has 0 N–H and O–H groups in total. The van der Waals surface area contributed by atoms with Gasteiger partial charge >= 0.3 is 0 Å². The number of hydrogen-bond acceptors (Lipinski definition) is 2. The van der Waals surface area contributed by atoms with Crippen LogP contribution in [0.15, 0.2) is 4.99 Å². The van der Waals surface area contributed by atoms with Crippen molar-refractivity contribution < 1.29 is 0 Å². The highest BCUT2D eigenvalue weighted by molar-refractivity contribution is 5.81. The molecule has 2 aliphatic rings. The van der Waals surface area contributed by atoms with Crippen LogP contribution in [0.5, 0.6) is 0 Å². The minimum Gasteiger partial charge on any atom is -0.355 e. The van der Waals surface area contributed by atoms with Gasteiger partial charge in [0.2, 0.25) is 0 Å². The molecule has 0 amide bonds. The molecule has 0 aliphatic carbocycles. The minimum atomic E-state index is 0.684. The Morgan fingerprint density at radius 1 is 1.31 bits per heavy atom. The topological polar surface area (TPSA) is 15.6 Å². The van der Waals surface area contributed by atoms with Crippen LogP contribution in [0.1, 0.15) is 53.4 Å². The first-order chi connectivity index (χ1) is 7.63. The highest BCUT2D eigenvalue weighted by Gasteiger charge is 2.35. The van der Waals surface area contributed by atoms with Crippen LogP contribution >= 0.6 is 0 Å². The van der Waals surface area contributed by atoms with Gasteiger partial charge in [0.1, 0.15) is 0 Å². The number of rotatable bonds is 1. The fraction of sp³-hybridized carbons (Fsp3) is 0.929. The SMILES string of the molecule is CCC1CC(C)CC2CCN=C(C)N2C1C. The van der Waals surface area contributed by atoms with E-state index in [1.165, 1.54) is 31.5 Å². The number of hydrogen-bond donors (Lipinski definition) is 0. The van der Waals surface area contributed by atoms with Gasteiger partial charge in [-0.3, -0.25) is 4.99 Å². The molecule has 2 rings (SSSR count). The summed E-state index contributed by atoms with van der Waals surface area (Å²) in [5.74, 6) is 3.02. The molecule has 0 spiro atoms. The fourth-order valence-electron chi connectivity index (χ4n) is 3.73. The molecule has 2 aliphatic heterocycles. The van der Waals surface area contributed by atoms with Crippen LogP contribution in [0, 0.1) is 11.8 Å². The van der Waals surface area contributed by atoms with E-state index in [2.05, 4.69) is 37.6 Å². The number of nitrogens with zero attached hydrogens (tertiary/aromatic N) is 2. The molecule has 1 fully saturated rings. The van der Waals surface area contributed by atoms with Gasteiger partial charge in [-0.1, -0.05) is 20.3 Å². The van der Waals surface area contributed by atoms with Crippen molar-refractivity contribution in [1.29, 1.82) is 0 Å². The van der Waals surface area contributed by atoms with Crippen LogP contribution in [0.25, 0.3) is 0 Å². The zero-order chi connectivity index (χ0) is 11.7. The first kappa shape index (κ1) is 11.9. The summed E-state index contributed by atoms with van der Waals surface area (Å²) in [6.45, 7) is 10.4. The number of amidine groups is 1. The summed E-state index contributed by atoms with van der Waals surface area (Å²) in [5.41, 5.74) is 0. The molecule has 2 heteroatoms. The molecule has 2 nitrogen and oxygen atoms in total. The molecule has 16 heavy (non-hydrogen) atoms. The van der Waals surface area contributed by atoms with E-state index in [9.17, 15) is 0 Å². The van der Waals surface area contributed by atoms with Crippen molar-refractivity contribution >= 4 is 5.84 Å². The van der Waals surface area contributed by atoms with E-state index in [0.29, 0.717) is 6.04 Å². The Morgan fingerprint density at radius 3 is 2.75 bits per heavy atom. The first-order valence-electron chi connectivity index (χ1n) is 6.92. The van der Waals surface area contributed by atoms with Crippen molar-refractivity contribution in [3.05, 3.63) is 0 Å². The quantitative estimate of drug-likeness (QED) is 0.664. The van der Waals surface area contributed by atoms with Gasteiger partial charge in [0.15, 0.2) is 0 Å². The molecule has 0 bridgehead atoms. The molecule has 1 saturated heterocycles. The number of aliphatic imine (C=N–C) groups is 1. The fourth-order valence-corrected chi connectivity index (χ4v) is 3.73. The third kappa shape index (κ3) is 2.11. The van der Waals surface area contributed by atoms with Crippen LogP contribution in [-0.4, -0.2) is 29.4 Å². The zero-order valence-corrected chi connectivity index (χ0v) is 11.2. The standard InChI is InChI=1S/C14H26N2/c1-5-13-8-10(2)9-14-6-7-15-12(4)16(14)11(13)3/h10-11,13-14H,5-9H2,1-4H3. The zero-order valence-electron chi connectivity index (χ0n) is 11.2. The Balaban J connectivity index is 2.24. The van der Waals surface area contributed by atoms with Gasteiger partial charge in [-0.05, 0) is 44.9 Å². The van der Waals surface area contributed by atoms with Gasteiger partial charge in [-0.15, -0.1) is 0 Å². The summed E-state index contributed by atoms with van der Waals surface area (Å²) in [6.07, 6.45) is 5.34. The van der Waals surface area contributed by atoms with E-state index in [4.69, 9.17) is 0 Å². The van der Waals surface area contributed by atoms with Crippen LogP contribution in [0.2, 0.25) is 0 Å². The second-order valence-corrected chi connectivity index (χ2v) is 5.76. The molecular formula is C14H26N2. The molecule has 0 aromatic heterocycles. The molecule has 0 aromatic carbocycles. The minimum absolute atomic E-state index is 0.684. The summed E-state index contributed by atoms with van der Waals surface area (Å²) in [5, 5.41) is 0. The molecule has 4 unspecified atom stereocenters. The lowest BCUT2D eigenvalue weighted by atomic mass is 9.88. The van der Waals surface area contributed by atoms with E-state index in [0.717, 1.165) is 24.4 Å². The van der Waals surface area contributed by atoms with Crippen LogP contribution < -0.4 is 0 Å². The lowest BCUT2D eigenvalue weighted by Crippen LogP contribution is -2.49. The average molecular weight is 222 g/mol. The summed E-state index contributed by atoms with van der Waals surface area (Å²) in [7, 11) is 0. The Hall–Kier alpha value is -0.530. The van der Waals surface area contributed by atoms with E-state index >= 15 is 0 Å². The average Bonchev–Trinajstić information content (AvgIpc) is 2.36. The van der Waals surface area contributed by atoms with E-state index in [-0.39, 0.29) is 0 Å². The summed E-state index contributed by atoms with van der Waals surface area (Å²) < 4.78 is 0. The normalized spacial score (nSPS) is 40.0. The Bertz CT molecular complexity index is 272. The molecule has 0 aromatic rings. The maximum Gasteiger partial charge on any atom is 0.0962 e. The van der Waals surface area contributed by atoms with Crippen molar-refractivity contribution in [1.82, 2.24) is 4.90 Å². The van der Waals surface area contributed by atoms with Gasteiger partial charge in [-0.25, -0.2) is 0 Å². The maximum absolute atomic E-state index is 4.64. The van der Waals surface area contributed by atoms with Crippen LogP contribution in [0.4, 0.5) is 0 Å². The Labute approximate surface area is 100 Å². The predicted molar refractivity (Wildman–Crippen MR) is 69.9 cm³/mol. The van der Waals surface area contributed by atoms with E-state index < -0.39 is 0 Å². The Kier molecular flexibility index (Phi) is 3.56. The van der Waals surface area contributed by atoms with Crippen molar-refractivity contribution in [2.45, 2.75) is 65.5 Å².